The first-order valence-corrected chi connectivity index (χ1v) is 14.5. The Bertz CT molecular complexity index is 1100. The number of hydrogen-bond donors (Lipinski definition) is 0. The highest BCUT2D eigenvalue weighted by Crippen LogP contribution is 2.41. The van der Waals surface area contributed by atoms with Gasteiger partial charge >= 0.3 is 5.97 Å². The third kappa shape index (κ3) is 6.43. The second kappa shape index (κ2) is 13.1. The van der Waals surface area contributed by atoms with Gasteiger partial charge in [0, 0.05) is 0 Å². The van der Waals surface area contributed by atoms with E-state index in [1.54, 1.807) is 18.2 Å². The van der Waals surface area contributed by atoms with Crippen LogP contribution in [0.25, 0.3) is 0 Å². The number of halogens is 4. The number of ether oxygens (including phenoxy) is 1. The van der Waals surface area contributed by atoms with Crippen LogP contribution in [-0.4, -0.2) is 5.97 Å². The summed E-state index contributed by atoms with van der Waals surface area (Å²) in [6, 6.07) is 6.27. The molecule has 2 aliphatic carbocycles. The molecule has 208 valence electrons. The molecule has 6 heteroatoms. The first-order valence-electron chi connectivity index (χ1n) is 14.5. The summed E-state index contributed by atoms with van der Waals surface area (Å²) in [5.74, 6) is -4.59. The van der Waals surface area contributed by atoms with Gasteiger partial charge in [-0.3, -0.25) is 4.79 Å². The van der Waals surface area contributed by atoms with Gasteiger partial charge in [-0.25, -0.2) is 13.2 Å². The quantitative estimate of drug-likeness (QED) is 0.183. The van der Waals surface area contributed by atoms with E-state index in [2.05, 4.69) is 6.92 Å². The summed E-state index contributed by atoms with van der Waals surface area (Å²) in [5, 5.41) is 0. The van der Waals surface area contributed by atoms with Crippen molar-refractivity contribution in [1.82, 2.24) is 0 Å². The first kappa shape index (κ1) is 28.6. The molecule has 0 spiro atoms. The number of hydrogen-bond acceptors (Lipinski definition) is 2. The number of benzene rings is 2. The molecule has 2 nitrogen and oxygen atoms in total. The standard InChI is InChI=1S/C32H40F4O2/c1-3-5-7-23-16-17-25(29(34)28(23)33)22-12-14-24(15-13-22)32(37)38-27-19-18-26(30(35)31(27)36)21-10-8-20(6-4-2)9-11-21/h16-22,24H,3-15H2,1-2H3. The van der Waals surface area contributed by atoms with Gasteiger partial charge < -0.3 is 4.74 Å². The van der Waals surface area contributed by atoms with Crippen LogP contribution in [0.2, 0.25) is 0 Å². The van der Waals surface area contributed by atoms with Crippen LogP contribution in [0.5, 0.6) is 5.75 Å². The fourth-order valence-corrected chi connectivity index (χ4v) is 6.42. The van der Waals surface area contributed by atoms with Gasteiger partial charge in [0.05, 0.1) is 5.92 Å². The van der Waals surface area contributed by atoms with Crippen molar-refractivity contribution in [3.05, 3.63) is 64.2 Å². The predicted octanol–water partition coefficient (Wildman–Crippen LogP) is 9.54. The van der Waals surface area contributed by atoms with Crippen LogP contribution in [0.15, 0.2) is 24.3 Å². The highest BCUT2D eigenvalue weighted by Gasteiger charge is 2.32. The van der Waals surface area contributed by atoms with Crippen molar-refractivity contribution in [3.63, 3.8) is 0 Å². The lowest BCUT2D eigenvalue weighted by atomic mass is 9.77. The lowest BCUT2D eigenvalue weighted by molar-refractivity contribution is -0.140. The zero-order chi connectivity index (χ0) is 27.2. The SMILES string of the molecule is CCCCc1ccc(C2CCC(C(=O)Oc3ccc(C4CCC(CCC)CC4)c(F)c3F)CC2)c(F)c1F. The number of rotatable bonds is 9. The number of aryl methyl sites for hydroxylation is 1. The highest BCUT2D eigenvalue weighted by molar-refractivity contribution is 5.75. The Kier molecular flexibility index (Phi) is 9.89. The van der Waals surface area contributed by atoms with E-state index in [1.165, 1.54) is 12.5 Å². The van der Waals surface area contributed by atoms with Crippen molar-refractivity contribution >= 4 is 5.97 Å². The van der Waals surface area contributed by atoms with Crippen LogP contribution in [-0.2, 0) is 11.2 Å². The molecule has 0 saturated heterocycles. The van der Waals surface area contributed by atoms with Gasteiger partial charge in [0.1, 0.15) is 0 Å². The van der Waals surface area contributed by atoms with Gasteiger partial charge in [-0.05, 0) is 105 Å². The molecule has 2 aliphatic rings. The zero-order valence-corrected chi connectivity index (χ0v) is 22.6. The van der Waals surface area contributed by atoms with E-state index in [4.69, 9.17) is 4.74 Å². The number of esters is 1. The molecular weight excluding hydrogens is 492 g/mol. The fourth-order valence-electron chi connectivity index (χ4n) is 6.42. The molecule has 0 aliphatic heterocycles. The van der Waals surface area contributed by atoms with E-state index in [9.17, 15) is 22.4 Å². The van der Waals surface area contributed by atoms with Crippen LogP contribution in [0, 0.1) is 35.1 Å². The van der Waals surface area contributed by atoms with Crippen LogP contribution in [0.4, 0.5) is 17.6 Å². The minimum absolute atomic E-state index is 0.0106. The summed E-state index contributed by atoms with van der Waals surface area (Å²) >= 11 is 0. The Hall–Kier alpha value is -2.37. The summed E-state index contributed by atoms with van der Waals surface area (Å²) in [6.45, 7) is 4.17. The number of carbonyl (C=O) groups is 1. The topological polar surface area (TPSA) is 26.3 Å². The largest absolute Gasteiger partial charge is 0.423 e. The van der Waals surface area contributed by atoms with Gasteiger partial charge in [-0.1, -0.05) is 51.3 Å². The average Bonchev–Trinajstić information content (AvgIpc) is 2.93. The Balaban J connectivity index is 1.34. The van der Waals surface area contributed by atoms with Crippen LogP contribution in [0.1, 0.15) is 119 Å². The van der Waals surface area contributed by atoms with Gasteiger partial charge in [-0.15, -0.1) is 0 Å². The van der Waals surface area contributed by atoms with Crippen molar-refractivity contribution in [2.24, 2.45) is 11.8 Å². The lowest BCUT2D eigenvalue weighted by Gasteiger charge is -2.29. The Morgan fingerprint density at radius 3 is 1.92 bits per heavy atom. The van der Waals surface area contributed by atoms with Crippen LogP contribution >= 0.6 is 0 Å². The molecule has 2 aromatic carbocycles. The molecule has 2 saturated carbocycles. The maximum atomic E-state index is 15.0. The predicted molar refractivity (Wildman–Crippen MR) is 141 cm³/mol. The number of unbranched alkanes of at least 4 members (excludes halogenated alkanes) is 1. The molecular formula is C32H40F4O2. The smallest absolute Gasteiger partial charge is 0.314 e. The molecule has 0 bridgehead atoms. The van der Waals surface area contributed by atoms with Crippen molar-refractivity contribution in [2.75, 3.05) is 0 Å². The minimum Gasteiger partial charge on any atom is -0.423 e. The normalized spacial score (nSPS) is 23.8. The molecule has 0 amide bonds. The Labute approximate surface area is 224 Å². The first-order chi connectivity index (χ1) is 18.3. The Morgan fingerprint density at radius 2 is 1.32 bits per heavy atom. The molecule has 0 radical (unpaired) electrons. The summed E-state index contributed by atoms with van der Waals surface area (Å²) in [6.07, 6.45) is 10.1. The third-order valence-electron chi connectivity index (χ3n) is 8.76. The maximum absolute atomic E-state index is 15.0. The van der Waals surface area contributed by atoms with Gasteiger partial charge in [0.2, 0.25) is 5.82 Å². The van der Waals surface area contributed by atoms with Gasteiger partial charge in [0.25, 0.3) is 0 Å². The fraction of sp³-hybridized carbons (Fsp3) is 0.594. The molecule has 2 aromatic rings. The molecule has 0 atom stereocenters. The number of carbonyl (C=O) groups excluding carboxylic acids is 1. The van der Waals surface area contributed by atoms with E-state index in [1.807, 2.05) is 6.92 Å². The molecule has 0 heterocycles. The van der Waals surface area contributed by atoms with Crippen molar-refractivity contribution in [2.45, 2.75) is 109 Å². The summed E-state index contributed by atoms with van der Waals surface area (Å²) < 4.78 is 64.5. The van der Waals surface area contributed by atoms with Crippen LogP contribution < -0.4 is 4.74 Å². The summed E-state index contributed by atoms with van der Waals surface area (Å²) in [5.41, 5.74) is 1.12. The highest BCUT2D eigenvalue weighted by atomic mass is 19.2. The van der Waals surface area contributed by atoms with Crippen molar-refractivity contribution in [3.8, 4) is 5.75 Å². The molecule has 0 aromatic heterocycles. The van der Waals surface area contributed by atoms with Gasteiger partial charge in [-0.2, -0.15) is 4.39 Å². The molecule has 4 rings (SSSR count). The third-order valence-corrected chi connectivity index (χ3v) is 8.76. The van der Waals surface area contributed by atoms with E-state index < -0.39 is 35.2 Å². The van der Waals surface area contributed by atoms with E-state index in [0.717, 1.165) is 44.9 Å². The second-order valence-electron chi connectivity index (χ2n) is 11.3. The molecule has 0 unspecified atom stereocenters. The van der Waals surface area contributed by atoms with E-state index in [0.29, 0.717) is 54.7 Å². The van der Waals surface area contributed by atoms with Crippen LogP contribution in [0.3, 0.4) is 0 Å². The lowest BCUT2D eigenvalue weighted by Crippen LogP contribution is -2.26. The van der Waals surface area contributed by atoms with E-state index in [-0.39, 0.29) is 17.6 Å². The summed E-state index contributed by atoms with van der Waals surface area (Å²) in [7, 11) is 0. The Morgan fingerprint density at radius 1 is 0.737 bits per heavy atom. The van der Waals surface area contributed by atoms with Crippen molar-refractivity contribution < 1.29 is 27.1 Å². The summed E-state index contributed by atoms with van der Waals surface area (Å²) in [4.78, 5) is 12.8. The monoisotopic (exact) mass is 532 g/mol. The van der Waals surface area contributed by atoms with Gasteiger partial charge in [0.15, 0.2) is 23.2 Å². The zero-order valence-electron chi connectivity index (χ0n) is 22.6. The second-order valence-corrected chi connectivity index (χ2v) is 11.3. The molecule has 38 heavy (non-hydrogen) atoms. The maximum Gasteiger partial charge on any atom is 0.314 e. The van der Waals surface area contributed by atoms with E-state index >= 15 is 0 Å². The minimum atomic E-state index is -1.11. The van der Waals surface area contributed by atoms with Crippen molar-refractivity contribution in [1.29, 1.82) is 0 Å². The average molecular weight is 533 g/mol. The molecule has 0 N–H and O–H groups in total. The molecule has 2 fully saturated rings.